The van der Waals surface area contributed by atoms with Crippen molar-refractivity contribution in [2.75, 3.05) is 7.11 Å². The van der Waals surface area contributed by atoms with E-state index in [-0.39, 0.29) is 6.04 Å². The fourth-order valence-corrected chi connectivity index (χ4v) is 1.78. The number of allylic oxidation sites excluding steroid dienone is 1. The number of rotatable bonds is 6. The van der Waals surface area contributed by atoms with E-state index in [9.17, 15) is 0 Å². The number of nitrogens with two attached hydrogens (primary N) is 1. The van der Waals surface area contributed by atoms with Crippen molar-refractivity contribution in [3.8, 4) is 5.75 Å². The summed E-state index contributed by atoms with van der Waals surface area (Å²) in [6, 6.07) is 6.18. The fourth-order valence-electron chi connectivity index (χ4n) is 1.78. The lowest BCUT2D eigenvalue weighted by molar-refractivity contribution is 0.403. The number of ether oxygens (including phenoxy) is 1. The highest BCUT2D eigenvalue weighted by molar-refractivity contribution is 5.38. The first-order valence-corrected chi connectivity index (χ1v) is 5.70. The van der Waals surface area contributed by atoms with Gasteiger partial charge in [0.05, 0.1) is 7.11 Å². The van der Waals surface area contributed by atoms with Gasteiger partial charge >= 0.3 is 0 Å². The van der Waals surface area contributed by atoms with Crippen LogP contribution in [-0.2, 0) is 0 Å². The number of methoxy groups -OCH3 is 1. The number of hydrogen-bond donors (Lipinski definition) is 1. The van der Waals surface area contributed by atoms with Gasteiger partial charge in [0.25, 0.3) is 0 Å². The largest absolute Gasteiger partial charge is 0.496 e. The van der Waals surface area contributed by atoms with E-state index in [0.717, 1.165) is 30.6 Å². The average molecular weight is 219 g/mol. The molecule has 0 aromatic heterocycles. The molecule has 0 fully saturated rings. The SMILES string of the molecule is C=CCCCC(N)c1cc(C)ccc1OC. The van der Waals surface area contributed by atoms with E-state index in [1.54, 1.807) is 7.11 Å². The van der Waals surface area contributed by atoms with Crippen molar-refractivity contribution in [2.24, 2.45) is 5.73 Å². The summed E-state index contributed by atoms with van der Waals surface area (Å²) in [6.07, 6.45) is 4.98. The quantitative estimate of drug-likeness (QED) is 0.588. The topological polar surface area (TPSA) is 35.2 Å². The summed E-state index contributed by atoms with van der Waals surface area (Å²) in [5.74, 6) is 0.886. The Morgan fingerprint density at radius 2 is 2.25 bits per heavy atom. The lowest BCUT2D eigenvalue weighted by atomic mass is 9.99. The Hall–Kier alpha value is -1.28. The lowest BCUT2D eigenvalue weighted by Gasteiger charge is -2.16. The molecule has 0 bridgehead atoms. The molecule has 0 radical (unpaired) electrons. The molecule has 2 N–H and O–H groups in total. The summed E-state index contributed by atoms with van der Waals surface area (Å²) in [7, 11) is 1.69. The van der Waals surface area contributed by atoms with Crippen LogP contribution in [-0.4, -0.2) is 7.11 Å². The van der Waals surface area contributed by atoms with Crippen LogP contribution >= 0.6 is 0 Å². The first kappa shape index (κ1) is 12.8. The zero-order valence-electron chi connectivity index (χ0n) is 10.2. The molecule has 1 aromatic carbocycles. The van der Waals surface area contributed by atoms with E-state index in [4.69, 9.17) is 10.5 Å². The van der Waals surface area contributed by atoms with Gasteiger partial charge in [-0.15, -0.1) is 6.58 Å². The van der Waals surface area contributed by atoms with Crippen LogP contribution in [0.15, 0.2) is 30.9 Å². The van der Waals surface area contributed by atoms with Crippen molar-refractivity contribution < 1.29 is 4.74 Å². The predicted octanol–water partition coefficient (Wildman–Crippen LogP) is 3.36. The molecule has 2 heteroatoms. The number of hydrogen-bond acceptors (Lipinski definition) is 2. The molecule has 16 heavy (non-hydrogen) atoms. The zero-order chi connectivity index (χ0) is 12.0. The zero-order valence-corrected chi connectivity index (χ0v) is 10.2. The van der Waals surface area contributed by atoms with E-state index in [1.807, 2.05) is 18.2 Å². The Morgan fingerprint density at radius 3 is 2.88 bits per heavy atom. The molecule has 0 heterocycles. The second-order valence-electron chi connectivity index (χ2n) is 4.07. The van der Waals surface area contributed by atoms with Gasteiger partial charge in [0.1, 0.15) is 5.75 Å². The van der Waals surface area contributed by atoms with Crippen LogP contribution < -0.4 is 10.5 Å². The van der Waals surface area contributed by atoms with Crippen LogP contribution in [0, 0.1) is 6.92 Å². The normalized spacial score (nSPS) is 12.2. The summed E-state index contributed by atoms with van der Waals surface area (Å²) >= 11 is 0. The molecule has 88 valence electrons. The van der Waals surface area contributed by atoms with Gasteiger partial charge in [-0.25, -0.2) is 0 Å². The van der Waals surface area contributed by atoms with Crippen LogP contribution in [0.2, 0.25) is 0 Å². The van der Waals surface area contributed by atoms with Crippen molar-refractivity contribution in [1.82, 2.24) is 0 Å². The molecule has 0 spiro atoms. The molecule has 2 nitrogen and oxygen atoms in total. The van der Waals surface area contributed by atoms with Gasteiger partial charge in [0, 0.05) is 11.6 Å². The van der Waals surface area contributed by atoms with E-state index in [2.05, 4.69) is 19.6 Å². The highest BCUT2D eigenvalue weighted by Crippen LogP contribution is 2.27. The molecule has 1 atom stereocenters. The van der Waals surface area contributed by atoms with E-state index >= 15 is 0 Å². The second-order valence-corrected chi connectivity index (χ2v) is 4.07. The first-order chi connectivity index (χ1) is 7.69. The molecule has 0 aliphatic heterocycles. The van der Waals surface area contributed by atoms with Gasteiger partial charge in [-0.05, 0) is 32.3 Å². The van der Waals surface area contributed by atoms with E-state index in [0.29, 0.717) is 0 Å². The highest BCUT2D eigenvalue weighted by Gasteiger charge is 2.11. The third-order valence-electron chi connectivity index (χ3n) is 2.71. The Balaban J connectivity index is 2.75. The summed E-state index contributed by atoms with van der Waals surface area (Å²) in [5, 5.41) is 0. The summed E-state index contributed by atoms with van der Waals surface area (Å²) in [4.78, 5) is 0. The van der Waals surface area contributed by atoms with Gasteiger partial charge < -0.3 is 10.5 Å². The second kappa shape index (κ2) is 6.33. The molecule has 1 rings (SSSR count). The predicted molar refractivity (Wildman–Crippen MR) is 68.7 cm³/mol. The van der Waals surface area contributed by atoms with Crippen molar-refractivity contribution >= 4 is 0 Å². The van der Waals surface area contributed by atoms with Crippen LogP contribution in [0.4, 0.5) is 0 Å². The minimum Gasteiger partial charge on any atom is -0.496 e. The Kier molecular flexibility index (Phi) is 5.06. The Morgan fingerprint density at radius 1 is 1.50 bits per heavy atom. The molecule has 0 aliphatic carbocycles. The molecule has 1 aromatic rings. The van der Waals surface area contributed by atoms with Gasteiger partial charge in [-0.3, -0.25) is 0 Å². The first-order valence-electron chi connectivity index (χ1n) is 5.70. The van der Waals surface area contributed by atoms with Crippen LogP contribution in [0.5, 0.6) is 5.75 Å². The summed E-state index contributed by atoms with van der Waals surface area (Å²) in [6.45, 7) is 5.78. The van der Waals surface area contributed by atoms with Crippen LogP contribution in [0.25, 0.3) is 0 Å². The third-order valence-corrected chi connectivity index (χ3v) is 2.71. The van der Waals surface area contributed by atoms with Crippen LogP contribution in [0.3, 0.4) is 0 Å². The lowest BCUT2D eigenvalue weighted by Crippen LogP contribution is -2.11. The summed E-state index contributed by atoms with van der Waals surface area (Å²) < 4.78 is 5.33. The maximum atomic E-state index is 6.17. The molecule has 0 saturated heterocycles. The van der Waals surface area contributed by atoms with Gasteiger partial charge in [-0.2, -0.15) is 0 Å². The Labute approximate surface area is 98.1 Å². The number of unbranched alkanes of at least 4 members (excludes halogenated alkanes) is 1. The highest BCUT2D eigenvalue weighted by atomic mass is 16.5. The van der Waals surface area contributed by atoms with E-state index < -0.39 is 0 Å². The molecule has 0 saturated carbocycles. The maximum Gasteiger partial charge on any atom is 0.123 e. The van der Waals surface area contributed by atoms with Crippen LogP contribution in [0.1, 0.15) is 36.4 Å². The smallest absolute Gasteiger partial charge is 0.123 e. The average Bonchev–Trinajstić information content (AvgIpc) is 2.29. The molecule has 1 unspecified atom stereocenters. The fraction of sp³-hybridized carbons (Fsp3) is 0.429. The van der Waals surface area contributed by atoms with Gasteiger partial charge in [0.2, 0.25) is 0 Å². The number of aryl methyl sites for hydroxylation is 1. The standard InChI is InChI=1S/C14H21NO/c1-4-5-6-7-13(15)12-10-11(2)8-9-14(12)16-3/h4,8-10,13H,1,5-7,15H2,2-3H3. The monoisotopic (exact) mass is 219 g/mol. The molecule has 0 aliphatic rings. The van der Waals surface area contributed by atoms with E-state index in [1.165, 1.54) is 5.56 Å². The number of benzene rings is 1. The van der Waals surface area contributed by atoms with Crippen molar-refractivity contribution in [3.63, 3.8) is 0 Å². The molecular weight excluding hydrogens is 198 g/mol. The minimum atomic E-state index is 0.0507. The third kappa shape index (κ3) is 3.38. The minimum absolute atomic E-state index is 0.0507. The molecule has 0 amide bonds. The molecular formula is C14H21NO. The van der Waals surface area contributed by atoms with Crippen molar-refractivity contribution in [1.29, 1.82) is 0 Å². The maximum absolute atomic E-state index is 6.17. The Bertz CT molecular complexity index is 347. The van der Waals surface area contributed by atoms with Crippen molar-refractivity contribution in [3.05, 3.63) is 42.0 Å². The summed E-state index contributed by atoms with van der Waals surface area (Å²) in [5.41, 5.74) is 8.49. The van der Waals surface area contributed by atoms with Crippen molar-refractivity contribution in [2.45, 2.75) is 32.2 Å². The van der Waals surface area contributed by atoms with Gasteiger partial charge in [0.15, 0.2) is 0 Å². The van der Waals surface area contributed by atoms with Gasteiger partial charge in [-0.1, -0.05) is 23.8 Å².